The second-order valence-electron chi connectivity index (χ2n) is 8.80. The molecule has 2 aromatic carbocycles. The van der Waals surface area contributed by atoms with Crippen LogP contribution in [0.15, 0.2) is 103 Å². The summed E-state index contributed by atoms with van der Waals surface area (Å²) < 4.78 is 10.8. The van der Waals surface area contributed by atoms with Crippen LogP contribution in [0, 0.1) is 0 Å². The molecule has 0 radical (unpaired) electrons. The molecule has 0 aliphatic carbocycles. The standard InChI is InChI=1S/C30H14N2O6S3/c33-25(21-11-13-23(40-21)27-31-17-7-3-1-5-15(17)29(35)37-27)19-9-10-20(39-19)26(34)22-12-14-24(41-22)28-32-18-8-4-2-6-16(18)30(36)38-28/h1-14H. The Morgan fingerprint density at radius 2 is 0.902 bits per heavy atom. The van der Waals surface area contributed by atoms with Crippen molar-refractivity contribution in [2.75, 3.05) is 0 Å². The van der Waals surface area contributed by atoms with Gasteiger partial charge in [-0.15, -0.1) is 34.0 Å². The summed E-state index contributed by atoms with van der Waals surface area (Å²) in [7, 11) is 0. The van der Waals surface area contributed by atoms with Crippen LogP contribution in [0.5, 0.6) is 0 Å². The van der Waals surface area contributed by atoms with Crippen LogP contribution in [0.4, 0.5) is 0 Å². The molecule has 7 aromatic rings. The number of carbonyl (C=O) groups is 2. The number of nitrogens with zero attached hydrogens (tertiary/aromatic N) is 2. The SMILES string of the molecule is O=C(c1ccc(C(=O)c2ccc(-c3nc4ccccc4c(=O)o3)s2)s1)c1ccc(-c2nc3ccccc3c(=O)o2)s1. The Balaban J connectivity index is 1.12. The van der Waals surface area contributed by atoms with Gasteiger partial charge in [-0.3, -0.25) is 9.59 Å². The largest absolute Gasteiger partial charge is 0.402 e. The Labute approximate surface area is 241 Å². The number of hydrogen-bond acceptors (Lipinski definition) is 11. The molecule has 0 amide bonds. The van der Waals surface area contributed by atoms with Crippen LogP contribution in [0.1, 0.15) is 29.1 Å². The minimum atomic E-state index is -0.497. The van der Waals surface area contributed by atoms with E-state index in [0.29, 0.717) is 51.1 Å². The molecule has 0 saturated heterocycles. The van der Waals surface area contributed by atoms with Crippen LogP contribution in [0.2, 0.25) is 0 Å². The zero-order valence-electron chi connectivity index (χ0n) is 20.7. The quantitative estimate of drug-likeness (QED) is 0.196. The molecular formula is C30H14N2O6S3. The molecule has 0 aliphatic rings. The second kappa shape index (κ2) is 9.97. The molecule has 41 heavy (non-hydrogen) atoms. The van der Waals surface area contributed by atoms with Crippen molar-refractivity contribution in [2.45, 2.75) is 0 Å². The number of ketones is 2. The molecule has 0 saturated carbocycles. The van der Waals surface area contributed by atoms with E-state index < -0.39 is 11.3 Å². The van der Waals surface area contributed by atoms with Crippen molar-refractivity contribution >= 4 is 67.4 Å². The minimum absolute atomic E-state index is 0.144. The lowest BCUT2D eigenvalue weighted by molar-refractivity contribution is 0.103. The predicted octanol–water partition coefficient (Wildman–Crippen LogP) is 6.67. The molecular weight excluding hydrogens is 581 g/mol. The predicted molar refractivity (Wildman–Crippen MR) is 158 cm³/mol. The average Bonchev–Trinajstić information content (AvgIpc) is 3.78. The van der Waals surface area contributed by atoms with Gasteiger partial charge in [-0.2, -0.15) is 0 Å². The van der Waals surface area contributed by atoms with Crippen molar-refractivity contribution in [3.8, 4) is 21.5 Å². The zero-order chi connectivity index (χ0) is 28.1. The topological polar surface area (TPSA) is 120 Å². The number of rotatable bonds is 6. The van der Waals surface area contributed by atoms with E-state index in [2.05, 4.69) is 9.97 Å². The van der Waals surface area contributed by atoms with E-state index in [-0.39, 0.29) is 23.3 Å². The molecule has 0 unspecified atom stereocenters. The highest BCUT2D eigenvalue weighted by atomic mass is 32.1. The molecule has 0 bridgehead atoms. The van der Waals surface area contributed by atoms with E-state index >= 15 is 0 Å². The Hall–Kier alpha value is -4.84. The summed E-state index contributed by atoms with van der Waals surface area (Å²) in [5.74, 6) is -0.208. The summed E-state index contributed by atoms with van der Waals surface area (Å²) in [4.78, 5) is 62.7. The van der Waals surface area contributed by atoms with Crippen LogP contribution < -0.4 is 11.3 Å². The highest BCUT2D eigenvalue weighted by Crippen LogP contribution is 2.33. The number of fused-ring (bicyclic) bond motifs is 2. The van der Waals surface area contributed by atoms with Gasteiger partial charge in [-0.25, -0.2) is 19.6 Å². The van der Waals surface area contributed by atoms with Crippen molar-refractivity contribution in [2.24, 2.45) is 0 Å². The smallest absolute Gasteiger partial charge is 0.347 e. The van der Waals surface area contributed by atoms with Crippen molar-refractivity contribution in [1.29, 1.82) is 0 Å². The third-order valence-electron chi connectivity index (χ3n) is 6.21. The monoisotopic (exact) mass is 594 g/mol. The lowest BCUT2D eigenvalue weighted by Crippen LogP contribution is -2.02. The Bertz CT molecular complexity index is 2110. The van der Waals surface area contributed by atoms with Crippen molar-refractivity contribution in [3.63, 3.8) is 0 Å². The maximum atomic E-state index is 13.2. The van der Waals surface area contributed by atoms with Gasteiger partial charge < -0.3 is 8.83 Å². The normalized spacial score (nSPS) is 11.3. The van der Waals surface area contributed by atoms with E-state index in [1.165, 1.54) is 0 Å². The van der Waals surface area contributed by atoms with Gasteiger partial charge in [0.05, 0.1) is 51.1 Å². The molecule has 0 N–H and O–H groups in total. The van der Waals surface area contributed by atoms with Gasteiger partial charge in [0.2, 0.25) is 23.3 Å². The number of para-hydroxylation sites is 2. The van der Waals surface area contributed by atoms with Gasteiger partial charge >= 0.3 is 11.3 Å². The number of carbonyl (C=O) groups excluding carboxylic acids is 2. The van der Waals surface area contributed by atoms with Crippen LogP contribution in [0.25, 0.3) is 43.3 Å². The summed E-state index contributed by atoms with van der Waals surface area (Å²) >= 11 is 3.41. The van der Waals surface area contributed by atoms with E-state index in [9.17, 15) is 19.2 Å². The Morgan fingerprint density at radius 3 is 1.37 bits per heavy atom. The number of aromatic nitrogens is 2. The van der Waals surface area contributed by atoms with E-state index in [1.807, 2.05) is 0 Å². The van der Waals surface area contributed by atoms with Crippen LogP contribution in [-0.2, 0) is 0 Å². The molecule has 7 rings (SSSR count). The molecule has 8 nitrogen and oxygen atoms in total. The molecule has 0 aliphatic heterocycles. The fraction of sp³-hybridized carbons (Fsp3) is 0. The third kappa shape index (κ3) is 4.55. The Morgan fingerprint density at radius 1 is 0.512 bits per heavy atom. The number of benzene rings is 2. The fourth-order valence-electron chi connectivity index (χ4n) is 4.22. The van der Waals surface area contributed by atoms with E-state index in [4.69, 9.17) is 8.83 Å². The highest BCUT2D eigenvalue weighted by molar-refractivity contribution is 7.21. The number of hydrogen-bond donors (Lipinski definition) is 0. The maximum absolute atomic E-state index is 13.2. The molecule has 5 aromatic heterocycles. The van der Waals surface area contributed by atoms with Gasteiger partial charge in [0.15, 0.2) is 0 Å². The summed E-state index contributed by atoms with van der Waals surface area (Å²) in [6.45, 7) is 0. The zero-order valence-corrected chi connectivity index (χ0v) is 23.1. The average molecular weight is 595 g/mol. The van der Waals surface area contributed by atoms with Crippen molar-refractivity contribution in [3.05, 3.63) is 125 Å². The first-order valence-corrected chi connectivity index (χ1v) is 14.6. The van der Waals surface area contributed by atoms with Crippen molar-refractivity contribution in [1.82, 2.24) is 9.97 Å². The lowest BCUT2D eigenvalue weighted by atomic mass is 10.2. The van der Waals surface area contributed by atoms with Crippen LogP contribution in [0.3, 0.4) is 0 Å². The summed E-state index contributed by atoms with van der Waals surface area (Å²) in [6.07, 6.45) is 0. The molecule has 0 spiro atoms. The fourth-order valence-corrected chi connectivity index (χ4v) is 7.04. The first-order chi connectivity index (χ1) is 19.9. The van der Waals surface area contributed by atoms with Crippen LogP contribution >= 0.6 is 34.0 Å². The van der Waals surface area contributed by atoms with Gasteiger partial charge in [-0.05, 0) is 60.7 Å². The van der Waals surface area contributed by atoms with E-state index in [0.717, 1.165) is 34.0 Å². The molecule has 198 valence electrons. The summed E-state index contributed by atoms with van der Waals surface area (Å²) in [6, 6.07) is 23.7. The molecule has 11 heteroatoms. The second-order valence-corrected chi connectivity index (χ2v) is 12.0. The Kier molecular flexibility index (Phi) is 6.11. The van der Waals surface area contributed by atoms with E-state index in [1.54, 1.807) is 84.9 Å². The van der Waals surface area contributed by atoms with Gasteiger partial charge in [0.1, 0.15) is 0 Å². The van der Waals surface area contributed by atoms with Gasteiger partial charge in [-0.1, -0.05) is 24.3 Å². The molecule has 0 atom stereocenters. The van der Waals surface area contributed by atoms with Gasteiger partial charge in [0.25, 0.3) is 0 Å². The van der Waals surface area contributed by atoms with Crippen LogP contribution in [-0.4, -0.2) is 21.5 Å². The summed E-state index contributed by atoms with van der Waals surface area (Å²) in [5, 5.41) is 0.770. The third-order valence-corrected chi connectivity index (χ3v) is 9.43. The maximum Gasteiger partial charge on any atom is 0.347 e. The lowest BCUT2D eigenvalue weighted by Gasteiger charge is -1.98. The molecule has 5 heterocycles. The highest BCUT2D eigenvalue weighted by Gasteiger charge is 2.21. The first kappa shape index (κ1) is 25.1. The molecule has 0 fully saturated rings. The summed E-state index contributed by atoms with van der Waals surface area (Å²) in [5.41, 5.74) is 0.0283. The minimum Gasteiger partial charge on any atom is -0.402 e. The number of thiophene rings is 3. The first-order valence-electron chi connectivity index (χ1n) is 12.1. The van der Waals surface area contributed by atoms with Crippen molar-refractivity contribution < 1.29 is 18.4 Å². The van der Waals surface area contributed by atoms with Gasteiger partial charge in [0, 0.05) is 0 Å².